The Morgan fingerprint density at radius 2 is 0.679 bits per heavy atom. The normalized spacial score (nSPS) is 11.6. The van der Waals surface area contributed by atoms with Crippen molar-refractivity contribution in [3.63, 3.8) is 0 Å². The molecule has 2 nitrogen and oxygen atoms in total. The van der Waals surface area contributed by atoms with Crippen LogP contribution in [0.2, 0.25) is 0 Å². The molecule has 0 bridgehead atoms. The highest BCUT2D eigenvalue weighted by Gasteiger charge is 2.17. The van der Waals surface area contributed by atoms with Gasteiger partial charge < -0.3 is 9.32 Å². The summed E-state index contributed by atoms with van der Waals surface area (Å²) in [5.41, 5.74) is 12.4. The van der Waals surface area contributed by atoms with Gasteiger partial charge in [-0.15, -0.1) is 0 Å². The molecule has 0 amide bonds. The third-order valence-corrected chi connectivity index (χ3v) is 11.3. The van der Waals surface area contributed by atoms with E-state index in [2.05, 4.69) is 211 Å². The molecule has 0 N–H and O–H groups in total. The van der Waals surface area contributed by atoms with Crippen LogP contribution in [0.25, 0.3) is 87.6 Å². The molecule has 0 aliphatic carbocycles. The zero-order valence-corrected chi connectivity index (χ0v) is 30.6. The van der Waals surface area contributed by atoms with Gasteiger partial charge in [-0.2, -0.15) is 0 Å². The van der Waals surface area contributed by atoms with E-state index in [1.54, 1.807) is 0 Å². The van der Waals surface area contributed by atoms with Gasteiger partial charge in [0.2, 0.25) is 0 Å². The van der Waals surface area contributed by atoms with Gasteiger partial charge in [0, 0.05) is 33.2 Å². The average Bonchev–Trinajstić information content (AvgIpc) is 3.67. The number of anilines is 3. The molecule has 0 saturated heterocycles. The summed E-state index contributed by atoms with van der Waals surface area (Å²) in [6.07, 6.45) is 0. The molecule has 1 aromatic heterocycles. The number of hydrogen-bond donors (Lipinski definition) is 0. The van der Waals surface area contributed by atoms with Crippen LogP contribution in [0.5, 0.6) is 0 Å². The molecular weight excluding hydrogens is 679 g/mol. The molecule has 56 heavy (non-hydrogen) atoms. The summed E-state index contributed by atoms with van der Waals surface area (Å²) in [7, 11) is 0. The van der Waals surface area contributed by atoms with Crippen molar-refractivity contribution in [2.45, 2.75) is 0 Å². The highest BCUT2D eigenvalue weighted by molar-refractivity contribution is 6.34. The summed E-state index contributed by atoms with van der Waals surface area (Å²) in [5, 5.41) is 9.82. The minimum Gasteiger partial charge on any atom is -0.456 e. The minimum absolute atomic E-state index is 0.919. The van der Waals surface area contributed by atoms with E-state index in [-0.39, 0.29) is 0 Å². The van der Waals surface area contributed by atoms with E-state index >= 15 is 0 Å². The zero-order chi connectivity index (χ0) is 37.0. The number of rotatable bonds is 6. The topological polar surface area (TPSA) is 16.4 Å². The zero-order valence-electron chi connectivity index (χ0n) is 30.6. The molecule has 262 valence electrons. The van der Waals surface area contributed by atoms with Crippen molar-refractivity contribution < 1.29 is 4.42 Å². The Bertz CT molecular complexity index is 3200. The Kier molecular flexibility index (Phi) is 7.53. The van der Waals surface area contributed by atoms with Crippen molar-refractivity contribution in [3.8, 4) is 33.4 Å². The van der Waals surface area contributed by atoms with Crippen LogP contribution in [0.15, 0.2) is 217 Å². The molecule has 10 aromatic carbocycles. The predicted octanol–water partition coefficient (Wildman–Crippen LogP) is 15.5. The fraction of sp³-hybridized carbons (Fsp3) is 0. The summed E-state index contributed by atoms with van der Waals surface area (Å²) >= 11 is 0. The average molecular weight is 714 g/mol. The van der Waals surface area contributed by atoms with E-state index < -0.39 is 0 Å². The van der Waals surface area contributed by atoms with Crippen molar-refractivity contribution in [1.29, 1.82) is 0 Å². The molecule has 11 rings (SSSR count). The first-order chi connectivity index (χ1) is 27.8. The number of furan rings is 1. The third-order valence-electron chi connectivity index (χ3n) is 11.3. The van der Waals surface area contributed by atoms with Crippen LogP contribution in [0.1, 0.15) is 0 Å². The second-order valence-electron chi connectivity index (χ2n) is 14.5. The van der Waals surface area contributed by atoms with Gasteiger partial charge in [0.15, 0.2) is 0 Å². The Hall–Kier alpha value is -7.42. The number of hydrogen-bond acceptors (Lipinski definition) is 2. The minimum atomic E-state index is 0.919. The van der Waals surface area contributed by atoms with Crippen molar-refractivity contribution >= 4 is 71.3 Å². The Morgan fingerprint density at radius 1 is 0.250 bits per heavy atom. The quantitative estimate of drug-likeness (QED) is 0.160. The van der Waals surface area contributed by atoms with Crippen molar-refractivity contribution in [2.75, 3.05) is 4.90 Å². The molecular formula is C54H35NO. The van der Waals surface area contributed by atoms with Crippen LogP contribution in [0, 0.1) is 0 Å². The van der Waals surface area contributed by atoms with E-state index in [1.807, 2.05) is 6.07 Å². The van der Waals surface area contributed by atoms with Crippen LogP contribution < -0.4 is 4.90 Å². The van der Waals surface area contributed by atoms with Crippen LogP contribution in [-0.4, -0.2) is 0 Å². The number of fused-ring (bicyclic) bond motifs is 10. The van der Waals surface area contributed by atoms with Crippen molar-refractivity contribution in [2.24, 2.45) is 0 Å². The lowest BCUT2D eigenvalue weighted by atomic mass is 9.90. The second kappa shape index (κ2) is 13.2. The van der Waals surface area contributed by atoms with E-state index in [0.29, 0.717) is 0 Å². The lowest BCUT2D eigenvalue weighted by Crippen LogP contribution is -2.09. The fourth-order valence-corrected chi connectivity index (χ4v) is 8.55. The molecule has 0 spiro atoms. The predicted molar refractivity (Wildman–Crippen MR) is 237 cm³/mol. The molecule has 0 saturated carbocycles. The van der Waals surface area contributed by atoms with Crippen LogP contribution in [-0.2, 0) is 0 Å². The molecule has 1 heterocycles. The van der Waals surface area contributed by atoms with Gasteiger partial charge in [-0.05, 0) is 121 Å². The molecule has 0 fully saturated rings. The first-order valence-corrected chi connectivity index (χ1v) is 19.2. The Labute approximate surface area is 325 Å². The number of nitrogens with zero attached hydrogens (tertiary/aromatic N) is 1. The number of para-hydroxylation sites is 2. The van der Waals surface area contributed by atoms with Crippen LogP contribution in [0.4, 0.5) is 17.1 Å². The third kappa shape index (κ3) is 5.34. The van der Waals surface area contributed by atoms with Crippen LogP contribution >= 0.6 is 0 Å². The van der Waals surface area contributed by atoms with Gasteiger partial charge in [-0.3, -0.25) is 0 Å². The summed E-state index contributed by atoms with van der Waals surface area (Å²) < 4.78 is 6.35. The summed E-state index contributed by atoms with van der Waals surface area (Å²) in [5.74, 6) is 0. The SMILES string of the molecule is c1ccc(-c2ccc(-c3ccc(N(c4ccccc4)c4ccc(-c5ccc6c7ccccc7c7c(ccc8oc9ccccc9c87)c6c5)cc4)cc3)cc2)cc1. The molecule has 2 heteroatoms. The van der Waals surface area contributed by atoms with Gasteiger partial charge in [-0.25, -0.2) is 0 Å². The lowest BCUT2D eigenvalue weighted by molar-refractivity contribution is 0.669. The first kappa shape index (κ1) is 32.0. The fourth-order valence-electron chi connectivity index (χ4n) is 8.55. The van der Waals surface area contributed by atoms with Crippen molar-refractivity contribution in [1.82, 2.24) is 0 Å². The second-order valence-corrected chi connectivity index (χ2v) is 14.5. The van der Waals surface area contributed by atoms with E-state index in [4.69, 9.17) is 4.42 Å². The summed E-state index contributed by atoms with van der Waals surface area (Å²) in [6, 6.07) is 76.3. The Balaban J connectivity index is 0.974. The molecule has 0 atom stereocenters. The lowest BCUT2D eigenvalue weighted by Gasteiger charge is -2.26. The molecule has 0 unspecified atom stereocenters. The molecule has 0 aliphatic heterocycles. The van der Waals surface area contributed by atoms with Gasteiger partial charge in [0.05, 0.1) is 0 Å². The molecule has 0 aliphatic rings. The van der Waals surface area contributed by atoms with E-state index in [9.17, 15) is 0 Å². The van der Waals surface area contributed by atoms with Crippen molar-refractivity contribution in [3.05, 3.63) is 212 Å². The van der Waals surface area contributed by atoms with Crippen LogP contribution in [0.3, 0.4) is 0 Å². The summed E-state index contributed by atoms with van der Waals surface area (Å²) in [4.78, 5) is 2.33. The molecule has 0 radical (unpaired) electrons. The van der Waals surface area contributed by atoms with E-state index in [1.165, 1.54) is 71.1 Å². The van der Waals surface area contributed by atoms with Gasteiger partial charge >= 0.3 is 0 Å². The van der Waals surface area contributed by atoms with Gasteiger partial charge in [-0.1, -0.05) is 152 Å². The Morgan fingerprint density at radius 3 is 1.34 bits per heavy atom. The number of benzene rings is 10. The maximum atomic E-state index is 6.35. The molecule has 11 aromatic rings. The van der Waals surface area contributed by atoms with Gasteiger partial charge in [0.25, 0.3) is 0 Å². The van der Waals surface area contributed by atoms with E-state index in [0.717, 1.165) is 33.6 Å². The van der Waals surface area contributed by atoms with Gasteiger partial charge in [0.1, 0.15) is 11.2 Å². The highest BCUT2D eigenvalue weighted by Crippen LogP contribution is 2.44. The smallest absolute Gasteiger partial charge is 0.136 e. The standard InChI is InChI=1S/C54H35NO/c1-3-11-36(12-4-1)37-19-21-38(22-20-37)39-23-28-43(29-24-39)55(42-13-5-2-6-14-42)44-30-25-40(26-31-44)41-27-32-46-45-15-7-8-16-47(45)53-48(50(46)35-41)33-34-52-54(53)49-17-9-10-18-51(49)56-52/h1-35H. The first-order valence-electron chi connectivity index (χ1n) is 19.2. The summed E-state index contributed by atoms with van der Waals surface area (Å²) in [6.45, 7) is 0. The maximum absolute atomic E-state index is 6.35. The highest BCUT2D eigenvalue weighted by atomic mass is 16.3. The maximum Gasteiger partial charge on any atom is 0.136 e. The largest absolute Gasteiger partial charge is 0.456 e. The monoisotopic (exact) mass is 713 g/mol.